The van der Waals surface area contributed by atoms with Crippen LogP contribution in [0.25, 0.3) is 0 Å². The van der Waals surface area contributed by atoms with Gasteiger partial charge in [0.05, 0.1) is 24.6 Å². The van der Waals surface area contributed by atoms with Crippen molar-refractivity contribution in [3.63, 3.8) is 0 Å². The average molecular weight is 511 g/mol. The van der Waals surface area contributed by atoms with Crippen LogP contribution in [0.5, 0.6) is 11.6 Å². The standard InChI is InChI=1S/C27H28ClFN4O3/c1-35-24-13-20(25(34)31-18-9-3-2-4-10-18)22(29)14-23(24)32-27-30-15-21(28)26(33-27)36-19-11-16-7-5-6-8-17(16)12-19/h5-8,13-15,18-19H,2-4,9-12H2,1H3,(H,31,34)(H,30,32,33). The van der Waals surface area contributed by atoms with E-state index in [0.29, 0.717) is 0 Å². The largest absolute Gasteiger partial charge is 0.495 e. The number of amides is 1. The highest BCUT2D eigenvalue weighted by Crippen LogP contribution is 2.33. The van der Waals surface area contributed by atoms with Gasteiger partial charge in [0.2, 0.25) is 11.8 Å². The van der Waals surface area contributed by atoms with Crippen molar-refractivity contribution in [3.05, 3.63) is 70.1 Å². The highest BCUT2D eigenvalue weighted by Gasteiger charge is 2.25. The molecular formula is C27H28ClFN4O3. The zero-order valence-electron chi connectivity index (χ0n) is 20.0. The number of hydrogen-bond acceptors (Lipinski definition) is 6. The van der Waals surface area contributed by atoms with Gasteiger partial charge in [0.1, 0.15) is 22.7 Å². The Morgan fingerprint density at radius 3 is 2.53 bits per heavy atom. The Balaban J connectivity index is 1.31. The summed E-state index contributed by atoms with van der Waals surface area (Å²) < 4.78 is 26.5. The molecule has 1 heterocycles. The number of ether oxygens (including phenoxy) is 2. The quantitative estimate of drug-likeness (QED) is 0.428. The van der Waals surface area contributed by atoms with Crippen molar-refractivity contribution in [2.45, 2.75) is 57.1 Å². The zero-order valence-corrected chi connectivity index (χ0v) is 20.8. The molecule has 2 N–H and O–H groups in total. The van der Waals surface area contributed by atoms with Crippen LogP contribution in [0.1, 0.15) is 53.6 Å². The van der Waals surface area contributed by atoms with E-state index in [9.17, 15) is 9.18 Å². The lowest BCUT2D eigenvalue weighted by Crippen LogP contribution is -2.36. The number of carbonyl (C=O) groups is 1. The van der Waals surface area contributed by atoms with Crippen LogP contribution in [-0.4, -0.2) is 35.1 Å². The van der Waals surface area contributed by atoms with Gasteiger partial charge in [-0.05, 0) is 30.0 Å². The van der Waals surface area contributed by atoms with Crippen molar-refractivity contribution >= 4 is 29.1 Å². The molecule has 3 aromatic rings. The molecule has 1 amide bonds. The predicted molar refractivity (Wildman–Crippen MR) is 136 cm³/mol. The summed E-state index contributed by atoms with van der Waals surface area (Å²) in [7, 11) is 1.45. The molecule has 5 rings (SSSR count). The van der Waals surface area contributed by atoms with E-state index in [1.807, 2.05) is 12.1 Å². The molecule has 2 aliphatic rings. The molecule has 0 atom stereocenters. The number of nitrogens with zero attached hydrogens (tertiary/aromatic N) is 2. The van der Waals surface area contributed by atoms with Gasteiger partial charge in [0, 0.05) is 24.9 Å². The number of halogens is 2. The number of nitrogens with one attached hydrogen (secondary N) is 2. The van der Waals surface area contributed by atoms with E-state index in [1.165, 1.54) is 43.0 Å². The van der Waals surface area contributed by atoms with Crippen molar-refractivity contribution in [2.75, 3.05) is 12.4 Å². The second-order valence-corrected chi connectivity index (χ2v) is 9.64. The van der Waals surface area contributed by atoms with E-state index in [2.05, 4.69) is 32.7 Å². The van der Waals surface area contributed by atoms with Crippen molar-refractivity contribution in [1.82, 2.24) is 15.3 Å². The van der Waals surface area contributed by atoms with Gasteiger partial charge < -0.3 is 20.1 Å². The van der Waals surface area contributed by atoms with Crippen LogP contribution in [-0.2, 0) is 12.8 Å². The SMILES string of the molecule is COc1cc(C(=O)NC2CCCCC2)c(F)cc1Nc1ncc(Cl)c(OC2Cc3ccccc3C2)n1. The van der Waals surface area contributed by atoms with E-state index >= 15 is 0 Å². The molecule has 7 nitrogen and oxygen atoms in total. The fraction of sp³-hybridized carbons (Fsp3) is 0.370. The molecule has 1 fully saturated rings. The second-order valence-electron chi connectivity index (χ2n) is 9.23. The molecular weight excluding hydrogens is 483 g/mol. The molecule has 0 saturated heterocycles. The molecule has 2 aliphatic carbocycles. The Kier molecular flexibility index (Phi) is 7.23. The highest BCUT2D eigenvalue weighted by atomic mass is 35.5. The van der Waals surface area contributed by atoms with E-state index in [4.69, 9.17) is 21.1 Å². The second kappa shape index (κ2) is 10.7. The average Bonchev–Trinajstić information content (AvgIpc) is 3.29. The van der Waals surface area contributed by atoms with Crippen LogP contribution >= 0.6 is 11.6 Å². The van der Waals surface area contributed by atoms with Crippen LogP contribution in [0.15, 0.2) is 42.6 Å². The summed E-state index contributed by atoms with van der Waals surface area (Å²) in [6.07, 6.45) is 8.01. The maximum atomic E-state index is 15.0. The maximum absolute atomic E-state index is 15.0. The van der Waals surface area contributed by atoms with E-state index in [1.54, 1.807) is 0 Å². The zero-order chi connectivity index (χ0) is 25.1. The third-order valence-electron chi connectivity index (χ3n) is 6.72. The molecule has 1 saturated carbocycles. The lowest BCUT2D eigenvalue weighted by molar-refractivity contribution is 0.0923. The summed E-state index contributed by atoms with van der Waals surface area (Å²) in [4.78, 5) is 21.3. The minimum Gasteiger partial charge on any atom is -0.495 e. The Labute approximate surface area is 214 Å². The van der Waals surface area contributed by atoms with Crippen LogP contribution < -0.4 is 20.1 Å². The molecule has 0 radical (unpaired) electrons. The first-order valence-electron chi connectivity index (χ1n) is 12.2. The number of aromatic nitrogens is 2. The van der Waals surface area contributed by atoms with Gasteiger partial charge in [0.15, 0.2) is 0 Å². The Morgan fingerprint density at radius 1 is 1.11 bits per heavy atom. The van der Waals surface area contributed by atoms with Crippen molar-refractivity contribution < 1.29 is 18.7 Å². The number of carbonyl (C=O) groups excluding carboxylic acids is 1. The Bertz CT molecular complexity index is 1240. The molecule has 9 heteroatoms. The number of rotatable bonds is 7. The minimum absolute atomic E-state index is 0.0650. The number of benzene rings is 2. The summed E-state index contributed by atoms with van der Waals surface area (Å²) in [5, 5.41) is 6.19. The van der Waals surface area contributed by atoms with Crippen LogP contribution in [0, 0.1) is 5.82 Å². The monoisotopic (exact) mass is 510 g/mol. The van der Waals surface area contributed by atoms with Crippen LogP contribution in [0.2, 0.25) is 5.02 Å². The first-order valence-corrected chi connectivity index (χ1v) is 12.6. The third-order valence-corrected chi connectivity index (χ3v) is 6.98. The van der Waals surface area contributed by atoms with Gasteiger partial charge in [-0.3, -0.25) is 4.79 Å². The van der Waals surface area contributed by atoms with E-state index in [-0.39, 0.29) is 46.0 Å². The number of hydrogen-bond donors (Lipinski definition) is 2. The van der Waals surface area contributed by atoms with Gasteiger partial charge in [-0.2, -0.15) is 4.98 Å². The van der Waals surface area contributed by atoms with Crippen molar-refractivity contribution in [1.29, 1.82) is 0 Å². The van der Waals surface area contributed by atoms with Gasteiger partial charge in [-0.25, -0.2) is 9.37 Å². The number of fused-ring (bicyclic) bond motifs is 1. The number of methoxy groups -OCH3 is 1. The molecule has 0 unspecified atom stereocenters. The summed E-state index contributed by atoms with van der Waals surface area (Å²) in [5.41, 5.74) is 2.72. The van der Waals surface area contributed by atoms with Gasteiger partial charge in [-0.1, -0.05) is 55.1 Å². The first-order chi connectivity index (χ1) is 17.5. The lowest BCUT2D eigenvalue weighted by atomic mass is 9.95. The third kappa shape index (κ3) is 5.38. The Hall–Kier alpha value is -3.39. The van der Waals surface area contributed by atoms with Crippen molar-refractivity contribution in [3.8, 4) is 11.6 Å². The number of anilines is 2. The summed E-state index contributed by atoms with van der Waals surface area (Å²) >= 11 is 6.30. The summed E-state index contributed by atoms with van der Waals surface area (Å²) in [6, 6.07) is 10.9. The highest BCUT2D eigenvalue weighted by molar-refractivity contribution is 6.31. The maximum Gasteiger partial charge on any atom is 0.254 e. The molecule has 1 aromatic heterocycles. The fourth-order valence-electron chi connectivity index (χ4n) is 4.88. The van der Waals surface area contributed by atoms with E-state index < -0.39 is 11.7 Å². The normalized spacial score (nSPS) is 15.9. The molecule has 36 heavy (non-hydrogen) atoms. The molecule has 0 bridgehead atoms. The van der Waals surface area contributed by atoms with Gasteiger partial charge in [-0.15, -0.1) is 0 Å². The molecule has 0 spiro atoms. The molecule has 0 aliphatic heterocycles. The first kappa shape index (κ1) is 24.3. The van der Waals surface area contributed by atoms with Gasteiger partial charge in [0.25, 0.3) is 5.91 Å². The minimum atomic E-state index is -0.666. The molecule has 2 aromatic carbocycles. The van der Waals surface area contributed by atoms with Crippen LogP contribution in [0.4, 0.5) is 16.0 Å². The van der Waals surface area contributed by atoms with Gasteiger partial charge >= 0.3 is 0 Å². The van der Waals surface area contributed by atoms with E-state index in [0.717, 1.165) is 38.5 Å². The predicted octanol–water partition coefficient (Wildman–Crippen LogP) is 5.63. The fourth-order valence-corrected chi connectivity index (χ4v) is 5.01. The molecule has 188 valence electrons. The lowest BCUT2D eigenvalue weighted by Gasteiger charge is -2.23. The summed E-state index contributed by atoms with van der Waals surface area (Å²) in [5.74, 6) is -0.407. The van der Waals surface area contributed by atoms with Crippen molar-refractivity contribution in [2.24, 2.45) is 0 Å². The topological polar surface area (TPSA) is 85.4 Å². The Morgan fingerprint density at radius 2 is 1.83 bits per heavy atom. The van der Waals surface area contributed by atoms with Crippen LogP contribution in [0.3, 0.4) is 0 Å². The smallest absolute Gasteiger partial charge is 0.254 e. The summed E-state index contributed by atoms with van der Waals surface area (Å²) in [6.45, 7) is 0.